The molecule has 0 bridgehead atoms. The van der Waals surface area contributed by atoms with Gasteiger partial charge in [-0.25, -0.2) is 9.18 Å². The summed E-state index contributed by atoms with van der Waals surface area (Å²) in [6.07, 6.45) is 1.60. The van der Waals surface area contributed by atoms with Gasteiger partial charge >= 0.3 is 5.97 Å². The number of anilines is 2. The van der Waals surface area contributed by atoms with Crippen LogP contribution in [0.4, 0.5) is 15.8 Å². The highest BCUT2D eigenvalue weighted by molar-refractivity contribution is 5.96. The topological polar surface area (TPSA) is 75.8 Å². The number of aliphatic hydroxyl groups excluding tert-OH is 1. The lowest BCUT2D eigenvalue weighted by Crippen LogP contribution is -2.35. The highest BCUT2D eigenvalue weighted by Crippen LogP contribution is 2.29. The summed E-state index contributed by atoms with van der Waals surface area (Å²) in [4.78, 5) is 13.7. The number of benzene rings is 1. The summed E-state index contributed by atoms with van der Waals surface area (Å²) < 4.78 is 19.1. The van der Waals surface area contributed by atoms with Gasteiger partial charge in [-0.15, -0.1) is 0 Å². The van der Waals surface area contributed by atoms with Crippen LogP contribution in [0.2, 0.25) is 0 Å². The lowest BCUT2D eigenvalue weighted by molar-refractivity contribution is 0.0527. The van der Waals surface area contributed by atoms with Crippen LogP contribution in [0.5, 0.6) is 0 Å². The number of rotatable bonds is 4. The molecule has 116 valence electrons. The van der Waals surface area contributed by atoms with Crippen molar-refractivity contribution in [3.8, 4) is 0 Å². The zero-order valence-electron chi connectivity index (χ0n) is 12.1. The molecule has 1 aromatic rings. The first-order chi connectivity index (χ1) is 10.1. The van der Waals surface area contributed by atoms with Crippen molar-refractivity contribution in [3.63, 3.8) is 0 Å². The van der Waals surface area contributed by atoms with Gasteiger partial charge in [-0.1, -0.05) is 0 Å². The smallest absolute Gasteiger partial charge is 0.340 e. The number of hydrogen-bond donors (Lipinski definition) is 2. The Morgan fingerprint density at radius 1 is 1.48 bits per heavy atom. The number of carbonyl (C=O) groups excluding carboxylic acids is 1. The summed E-state index contributed by atoms with van der Waals surface area (Å²) in [5.41, 5.74) is 6.34. The van der Waals surface area contributed by atoms with E-state index in [-0.39, 0.29) is 30.4 Å². The van der Waals surface area contributed by atoms with E-state index in [1.165, 1.54) is 12.1 Å². The Bertz CT molecular complexity index is 514. The number of hydrogen-bond acceptors (Lipinski definition) is 5. The van der Waals surface area contributed by atoms with Gasteiger partial charge in [0.2, 0.25) is 0 Å². The molecule has 1 heterocycles. The molecule has 5 nitrogen and oxygen atoms in total. The maximum absolute atomic E-state index is 14.1. The monoisotopic (exact) mass is 296 g/mol. The Kier molecular flexibility index (Phi) is 5.01. The number of piperidine rings is 1. The second-order valence-electron chi connectivity index (χ2n) is 5.22. The van der Waals surface area contributed by atoms with Crippen LogP contribution in [0.1, 0.15) is 30.1 Å². The predicted molar refractivity (Wildman–Crippen MR) is 78.8 cm³/mol. The molecule has 0 radical (unpaired) electrons. The fraction of sp³-hybridized carbons (Fsp3) is 0.533. The second-order valence-corrected chi connectivity index (χ2v) is 5.22. The van der Waals surface area contributed by atoms with Gasteiger partial charge in [0, 0.05) is 25.4 Å². The number of ether oxygens (including phenoxy) is 1. The van der Waals surface area contributed by atoms with Gasteiger partial charge in [-0.2, -0.15) is 0 Å². The lowest BCUT2D eigenvalue weighted by atomic mass is 9.97. The highest BCUT2D eigenvalue weighted by Gasteiger charge is 2.23. The van der Waals surface area contributed by atoms with Crippen molar-refractivity contribution in [3.05, 3.63) is 23.5 Å². The molecule has 0 saturated carbocycles. The Hall–Kier alpha value is -1.82. The minimum atomic E-state index is -0.540. The summed E-state index contributed by atoms with van der Waals surface area (Å²) in [5, 5.41) is 9.14. The average molecular weight is 296 g/mol. The van der Waals surface area contributed by atoms with E-state index >= 15 is 0 Å². The minimum absolute atomic E-state index is 0.0833. The summed E-state index contributed by atoms with van der Waals surface area (Å²) in [6.45, 7) is 3.40. The van der Waals surface area contributed by atoms with Gasteiger partial charge in [-0.3, -0.25) is 0 Å². The van der Waals surface area contributed by atoms with Gasteiger partial charge < -0.3 is 20.5 Å². The molecule has 1 saturated heterocycles. The number of carbonyl (C=O) groups is 1. The number of halogens is 1. The predicted octanol–water partition coefficient (Wildman–Crippen LogP) is 1.79. The SMILES string of the molecule is CCOC(=O)c1cc(N2CCC(CO)CC2)c(F)cc1N. The van der Waals surface area contributed by atoms with Crippen LogP contribution in [0, 0.1) is 11.7 Å². The van der Waals surface area contributed by atoms with Crippen LogP contribution in [-0.2, 0) is 4.74 Å². The van der Waals surface area contributed by atoms with Crippen LogP contribution in [0.15, 0.2) is 12.1 Å². The number of nitrogens with zero attached hydrogens (tertiary/aromatic N) is 1. The van der Waals surface area contributed by atoms with E-state index in [1.807, 2.05) is 4.90 Å². The molecule has 2 rings (SSSR count). The molecule has 0 atom stereocenters. The maximum Gasteiger partial charge on any atom is 0.340 e. The van der Waals surface area contributed by atoms with Crippen LogP contribution in [0.25, 0.3) is 0 Å². The first-order valence-electron chi connectivity index (χ1n) is 7.18. The molecule has 21 heavy (non-hydrogen) atoms. The molecule has 1 aliphatic rings. The van der Waals surface area contributed by atoms with Crippen molar-refractivity contribution in [1.82, 2.24) is 0 Å². The molecule has 1 aromatic carbocycles. The normalized spacial score (nSPS) is 16.0. The average Bonchev–Trinajstić information content (AvgIpc) is 2.48. The standard InChI is InChI=1S/C15H21FN2O3/c1-2-21-15(20)11-7-14(12(16)8-13(11)17)18-5-3-10(9-19)4-6-18/h7-8,10,19H,2-6,9,17H2,1H3. The van der Waals surface area contributed by atoms with E-state index in [4.69, 9.17) is 15.6 Å². The first-order valence-corrected chi connectivity index (χ1v) is 7.18. The zero-order valence-corrected chi connectivity index (χ0v) is 12.1. The van der Waals surface area contributed by atoms with Gasteiger partial charge in [0.1, 0.15) is 5.82 Å². The number of aliphatic hydroxyl groups is 1. The Morgan fingerprint density at radius 3 is 2.71 bits per heavy atom. The van der Waals surface area contributed by atoms with Crippen LogP contribution in [-0.4, -0.2) is 37.4 Å². The fourth-order valence-electron chi connectivity index (χ4n) is 2.56. The fourth-order valence-corrected chi connectivity index (χ4v) is 2.56. The second kappa shape index (κ2) is 6.76. The molecule has 1 aliphatic heterocycles. The Balaban J connectivity index is 2.23. The van der Waals surface area contributed by atoms with Crippen molar-refractivity contribution >= 4 is 17.3 Å². The van der Waals surface area contributed by atoms with Crippen LogP contribution >= 0.6 is 0 Å². The number of nitrogen functional groups attached to an aromatic ring is 1. The Labute approximate surface area is 123 Å². The third-order valence-electron chi connectivity index (χ3n) is 3.83. The Morgan fingerprint density at radius 2 is 2.14 bits per heavy atom. The summed E-state index contributed by atoms with van der Waals surface area (Å²) in [6, 6.07) is 2.63. The van der Waals surface area contributed by atoms with Crippen LogP contribution in [0.3, 0.4) is 0 Å². The maximum atomic E-state index is 14.1. The molecule has 3 N–H and O–H groups in total. The zero-order chi connectivity index (χ0) is 15.4. The van der Waals surface area contributed by atoms with Crippen molar-refractivity contribution in [1.29, 1.82) is 0 Å². The molecular formula is C15H21FN2O3. The molecule has 0 amide bonds. The molecule has 6 heteroatoms. The van der Waals surface area contributed by atoms with E-state index < -0.39 is 11.8 Å². The van der Waals surface area contributed by atoms with E-state index in [0.29, 0.717) is 18.8 Å². The van der Waals surface area contributed by atoms with E-state index in [0.717, 1.165) is 12.8 Å². The number of esters is 1. The van der Waals surface area contributed by atoms with Crippen molar-refractivity contribution in [2.24, 2.45) is 5.92 Å². The third kappa shape index (κ3) is 3.44. The van der Waals surface area contributed by atoms with E-state index in [1.54, 1.807) is 6.92 Å². The minimum Gasteiger partial charge on any atom is -0.462 e. The van der Waals surface area contributed by atoms with E-state index in [2.05, 4.69) is 0 Å². The molecule has 0 spiro atoms. The summed E-state index contributed by atoms with van der Waals surface area (Å²) >= 11 is 0. The van der Waals surface area contributed by atoms with Gasteiger partial charge in [0.15, 0.2) is 0 Å². The molecule has 1 fully saturated rings. The highest BCUT2D eigenvalue weighted by atomic mass is 19.1. The largest absolute Gasteiger partial charge is 0.462 e. The van der Waals surface area contributed by atoms with Crippen LogP contribution < -0.4 is 10.6 Å². The van der Waals surface area contributed by atoms with E-state index in [9.17, 15) is 9.18 Å². The summed E-state index contributed by atoms with van der Waals surface area (Å²) in [7, 11) is 0. The lowest BCUT2D eigenvalue weighted by Gasteiger charge is -2.33. The molecule has 0 aliphatic carbocycles. The number of nitrogens with two attached hydrogens (primary N) is 1. The van der Waals surface area contributed by atoms with Crippen molar-refractivity contribution in [2.75, 3.05) is 36.9 Å². The van der Waals surface area contributed by atoms with Gasteiger partial charge in [0.25, 0.3) is 0 Å². The third-order valence-corrected chi connectivity index (χ3v) is 3.83. The molecule has 0 aromatic heterocycles. The van der Waals surface area contributed by atoms with Crippen molar-refractivity contribution < 1.29 is 19.0 Å². The summed E-state index contributed by atoms with van der Waals surface area (Å²) in [5.74, 6) is -0.716. The first kappa shape index (κ1) is 15.6. The molecular weight excluding hydrogens is 275 g/mol. The quantitative estimate of drug-likeness (QED) is 0.654. The molecule has 0 unspecified atom stereocenters. The van der Waals surface area contributed by atoms with Gasteiger partial charge in [0.05, 0.1) is 17.9 Å². The van der Waals surface area contributed by atoms with Crippen molar-refractivity contribution in [2.45, 2.75) is 19.8 Å². The van der Waals surface area contributed by atoms with Gasteiger partial charge in [-0.05, 0) is 37.8 Å².